The van der Waals surface area contributed by atoms with Crippen LogP contribution in [0.1, 0.15) is 44.1 Å². The number of nitrogens with zero attached hydrogens (tertiary/aromatic N) is 3. The number of anilines is 1. The summed E-state index contributed by atoms with van der Waals surface area (Å²) in [4.78, 5) is 21.4. The highest BCUT2D eigenvalue weighted by molar-refractivity contribution is 7.98. The zero-order chi connectivity index (χ0) is 20.8. The average Bonchev–Trinajstić information content (AvgIpc) is 3.20. The highest BCUT2D eigenvalue weighted by Crippen LogP contribution is 2.55. The number of fused-ring (bicyclic) bond motifs is 1. The lowest BCUT2D eigenvalue weighted by Crippen LogP contribution is -2.60. The van der Waals surface area contributed by atoms with Crippen LogP contribution in [0, 0.1) is 17.8 Å². The van der Waals surface area contributed by atoms with Gasteiger partial charge in [-0.05, 0) is 74.0 Å². The number of thioether (sulfide) groups is 1. The molecule has 31 heavy (non-hydrogen) atoms. The first-order chi connectivity index (χ1) is 15.1. The molecule has 4 bridgehead atoms. The summed E-state index contributed by atoms with van der Waals surface area (Å²) in [6, 6.07) is 7.99. The fraction of sp³-hybridized carbons (Fsp3) is 0.478. The summed E-state index contributed by atoms with van der Waals surface area (Å²) < 4.78 is 0. The van der Waals surface area contributed by atoms with E-state index >= 15 is 0 Å². The van der Waals surface area contributed by atoms with Crippen molar-refractivity contribution in [1.29, 1.82) is 0 Å². The summed E-state index contributed by atoms with van der Waals surface area (Å²) >= 11 is 1.64. The predicted octanol–water partition coefficient (Wildman–Crippen LogP) is 4.74. The maximum Gasteiger partial charge on any atom is 0.319 e. The molecule has 4 saturated carbocycles. The fourth-order valence-corrected chi connectivity index (χ4v) is 7.32. The number of H-pyrrole nitrogens is 1. The second kappa shape index (κ2) is 7.51. The molecule has 0 unspecified atom stereocenters. The van der Waals surface area contributed by atoms with Gasteiger partial charge in [0.25, 0.3) is 0 Å². The van der Waals surface area contributed by atoms with Crippen molar-refractivity contribution in [1.82, 2.24) is 25.5 Å². The molecule has 0 atom stereocenters. The minimum atomic E-state index is -0.0670. The standard InChI is InChI=1S/C23H26N6OS/c30-22(28-23-8-15-4-16(9-23)6-17(5-15)10-23)27-18-3-1-2-14(7-18)12-31-21-19-11-26-29-20(19)24-13-25-21/h1-3,7,11,13,15-17H,4-6,8-10,12H2,(H2,27,28,30)(H,24,25,26,29). The van der Waals surface area contributed by atoms with Crippen LogP contribution in [-0.2, 0) is 5.75 Å². The first-order valence-corrected chi connectivity index (χ1v) is 12.1. The van der Waals surface area contributed by atoms with Crippen LogP contribution >= 0.6 is 11.8 Å². The first kappa shape index (κ1) is 19.1. The predicted molar refractivity (Wildman–Crippen MR) is 121 cm³/mol. The smallest absolute Gasteiger partial charge is 0.319 e. The lowest BCUT2D eigenvalue weighted by molar-refractivity contribution is -0.0127. The Bertz CT molecular complexity index is 1090. The van der Waals surface area contributed by atoms with Crippen molar-refractivity contribution in [2.45, 2.75) is 54.8 Å². The molecule has 0 spiro atoms. The van der Waals surface area contributed by atoms with E-state index in [2.05, 4.69) is 36.9 Å². The number of amides is 2. The molecule has 3 aromatic rings. The van der Waals surface area contributed by atoms with Gasteiger partial charge in [0, 0.05) is 17.0 Å². The highest BCUT2D eigenvalue weighted by Gasteiger charge is 2.51. The van der Waals surface area contributed by atoms with E-state index in [0.717, 1.165) is 70.1 Å². The summed E-state index contributed by atoms with van der Waals surface area (Å²) in [5, 5.41) is 15.2. The second-order valence-electron chi connectivity index (χ2n) is 9.58. The van der Waals surface area contributed by atoms with Crippen LogP contribution in [0.5, 0.6) is 0 Å². The normalized spacial score (nSPS) is 28.7. The molecule has 4 aliphatic carbocycles. The Morgan fingerprint density at radius 1 is 1.13 bits per heavy atom. The lowest BCUT2D eigenvalue weighted by Gasteiger charge is -2.56. The molecular formula is C23H26N6OS. The van der Waals surface area contributed by atoms with Gasteiger partial charge in [-0.3, -0.25) is 5.10 Å². The number of aromatic nitrogens is 4. The number of carbonyl (C=O) groups is 1. The Morgan fingerprint density at radius 2 is 1.90 bits per heavy atom. The first-order valence-electron chi connectivity index (χ1n) is 11.1. The Hall–Kier alpha value is -2.61. The van der Waals surface area contributed by atoms with Gasteiger partial charge in [0.1, 0.15) is 11.4 Å². The van der Waals surface area contributed by atoms with Gasteiger partial charge >= 0.3 is 6.03 Å². The molecule has 3 N–H and O–H groups in total. The molecule has 2 aromatic heterocycles. The molecule has 1 aromatic carbocycles. The fourth-order valence-electron chi connectivity index (χ4n) is 6.42. The minimum Gasteiger partial charge on any atom is -0.332 e. The van der Waals surface area contributed by atoms with E-state index in [4.69, 9.17) is 0 Å². The summed E-state index contributed by atoms with van der Waals surface area (Å²) in [7, 11) is 0. The van der Waals surface area contributed by atoms with E-state index in [0.29, 0.717) is 0 Å². The molecule has 4 aliphatic rings. The van der Waals surface area contributed by atoms with Crippen molar-refractivity contribution >= 4 is 34.5 Å². The number of nitrogens with one attached hydrogen (secondary N) is 3. The van der Waals surface area contributed by atoms with Crippen LogP contribution in [0.25, 0.3) is 11.0 Å². The molecule has 2 amide bonds. The third kappa shape index (κ3) is 3.78. The van der Waals surface area contributed by atoms with Gasteiger partial charge in [0.15, 0.2) is 5.65 Å². The Balaban J connectivity index is 1.10. The largest absolute Gasteiger partial charge is 0.332 e. The van der Waals surface area contributed by atoms with Gasteiger partial charge in [-0.25, -0.2) is 14.8 Å². The minimum absolute atomic E-state index is 0.0231. The van der Waals surface area contributed by atoms with Crippen molar-refractivity contribution in [2.75, 3.05) is 5.32 Å². The van der Waals surface area contributed by atoms with Crippen molar-refractivity contribution in [3.8, 4) is 0 Å². The van der Waals surface area contributed by atoms with Crippen LogP contribution in [0.2, 0.25) is 0 Å². The molecule has 4 fully saturated rings. The molecule has 160 valence electrons. The zero-order valence-corrected chi connectivity index (χ0v) is 18.1. The van der Waals surface area contributed by atoms with Crippen LogP contribution in [0.15, 0.2) is 41.8 Å². The second-order valence-corrected chi connectivity index (χ2v) is 10.5. The van der Waals surface area contributed by atoms with Crippen LogP contribution < -0.4 is 10.6 Å². The number of aromatic amines is 1. The molecule has 0 radical (unpaired) electrons. The van der Waals surface area contributed by atoms with Gasteiger partial charge in [0.2, 0.25) is 0 Å². The van der Waals surface area contributed by atoms with Gasteiger partial charge in [-0.15, -0.1) is 11.8 Å². The van der Waals surface area contributed by atoms with Gasteiger partial charge in [0.05, 0.1) is 11.6 Å². The summed E-state index contributed by atoms with van der Waals surface area (Å²) in [5.74, 6) is 3.20. The molecule has 0 saturated heterocycles. The van der Waals surface area contributed by atoms with Gasteiger partial charge in [-0.2, -0.15) is 5.10 Å². The third-order valence-electron chi connectivity index (χ3n) is 7.19. The van der Waals surface area contributed by atoms with Crippen LogP contribution in [-0.4, -0.2) is 31.7 Å². The zero-order valence-electron chi connectivity index (χ0n) is 17.3. The van der Waals surface area contributed by atoms with Gasteiger partial charge < -0.3 is 10.6 Å². The number of carbonyl (C=O) groups excluding carboxylic acids is 1. The van der Waals surface area contributed by atoms with Gasteiger partial charge in [-0.1, -0.05) is 12.1 Å². The number of rotatable bonds is 5. The molecule has 2 heterocycles. The molecule has 0 aliphatic heterocycles. The number of hydrogen-bond donors (Lipinski definition) is 3. The summed E-state index contributed by atoms with van der Waals surface area (Å²) in [5.41, 5.74) is 2.73. The number of urea groups is 1. The molecule has 8 heteroatoms. The molecule has 7 rings (SSSR count). The van der Waals surface area contributed by atoms with Crippen molar-refractivity contribution in [3.05, 3.63) is 42.4 Å². The number of benzene rings is 1. The van der Waals surface area contributed by atoms with E-state index < -0.39 is 0 Å². The van der Waals surface area contributed by atoms with E-state index in [-0.39, 0.29) is 11.6 Å². The van der Waals surface area contributed by atoms with Crippen LogP contribution in [0.4, 0.5) is 10.5 Å². The quantitative estimate of drug-likeness (QED) is 0.398. The molecular weight excluding hydrogens is 408 g/mol. The van der Waals surface area contributed by atoms with E-state index in [9.17, 15) is 4.79 Å². The third-order valence-corrected chi connectivity index (χ3v) is 8.27. The molecule has 7 nitrogen and oxygen atoms in total. The van der Waals surface area contributed by atoms with Crippen molar-refractivity contribution in [2.24, 2.45) is 17.8 Å². The maximum absolute atomic E-state index is 12.8. The van der Waals surface area contributed by atoms with E-state index in [1.165, 1.54) is 19.3 Å². The Morgan fingerprint density at radius 3 is 2.68 bits per heavy atom. The highest BCUT2D eigenvalue weighted by atomic mass is 32.2. The van der Waals surface area contributed by atoms with Crippen molar-refractivity contribution < 1.29 is 4.79 Å². The Labute approximate surface area is 185 Å². The Kier molecular flexibility index (Phi) is 4.63. The SMILES string of the molecule is O=C(Nc1cccc(CSc2ncnc3[nH]ncc23)c1)NC12CC3CC(CC(C3)C1)C2. The summed E-state index contributed by atoms with van der Waals surface area (Å²) in [6.45, 7) is 0. The lowest BCUT2D eigenvalue weighted by atomic mass is 9.53. The topological polar surface area (TPSA) is 95.6 Å². The maximum atomic E-state index is 12.8. The number of hydrogen-bond acceptors (Lipinski definition) is 5. The monoisotopic (exact) mass is 434 g/mol. The van der Waals surface area contributed by atoms with Crippen molar-refractivity contribution in [3.63, 3.8) is 0 Å². The van der Waals surface area contributed by atoms with Crippen LogP contribution in [0.3, 0.4) is 0 Å². The van der Waals surface area contributed by atoms with E-state index in [1.807, 2.05) is 18.2 Å². The average molecular weight is 435 g/mol. The summed E-state index contributed by atoms with van der Waals surface area (Å²) in [6.07, 6.45) is 10.9. The van der Waals surface area contributed by atoms with E-state index in [1.54, 1.807) is 24.3 Å².